The van der Waals surface area contributed by atoms with Gasteiger partial charge in [0.2, 0.25) is 5.82 Å². The number of nitrogens with one attached hydrogen (secondary N) is 1. The highest BCUT2D eigenvalue weighted by Gasteiger charge is 2.34. The lowest BCUT2D eigenvalue weighted by Gasteiger charge is -2.37. The summed E-state index contributed by atoms with van der Waals surface area (Å²) < 4.78 is 19.4. The van der Waals surface area contributed by atoms with Crippen LogP contribution < -0.4 is 5.32 Å². The monoisotopic (exact) mass is 484 g/mol. The third-order valence-electron chi connectivity index (χ3n) is 6.26. The summed E-state index contributed by atoms with van der Waals surface area (Å²) in [5, 5.41) is 8.23. The maximum atomic E-state index is 13.7. The Bertz CT molecular complexity index is 1360. The third-order valence-corrected chi connectivity index (χ3v) is 6.60. The Hall–Kier alpha value is -3.84. The van der Waals surface area contributed by atoms with Crippen LogP contribution in [0.1, 0.15) is 42.5 Å². The topological polar surface area (TPSA) is 54.2 Å². The SMILES string of the molecule is CCc1ccc(CN2C(=S)NC(c3ccc(F)cc3)C(c3nc(-c4ccccc4)no3)=C2C)cc1. The molecule has 0 aliphatic carbocycles. The molecule has 0 fully saturated rings. The summed E-state index contributed by atoms with van der Waals surface area (Å²) in [6.45, 7) is 4.74. The minimum absolute atomic E-state index is 0.296. The second kappa shape index (κ2) is 9.80. The van der Waals surface area contributed by atoms with Crippen molar-refractivity contribution in [1.29, 1.82) is 0 Å². The number of nitrogens with zero attached hydrogens (tertiary/aromatic N) is 3. The van der Waals surface area contributed by atoms with Gasteiger partial charge in [-0.25, -0.2) is 4.39 Å². The average molecular weight is 485 g/mol. The summed E-state index contributed by atoms with van der Waals surface area (Å²) in [7, 11) is 0. The van der Waals surface area contributed by atoms with Gasteiger partial charge in [-0.15, -0.1) is 0 Å². The van der Waals surface area contributed by atoms with E-state index in [1.54, 1.807) is 12.1 Å². The lowest BCUT2D eigenvalue weighted by molar-refractivity contribution is 0.396. The Kier molecular flexibility index (Phi) is 6.42. The van der Waals surface area contributed by atoms with Crippen molar-refractivity contribution in [2.24, 2.45) is 0 Å². The molecule has 0 spiro atoms. The van der Waals surface area contributed by atoms with Gasteiger partial charge in [0, 0.05) is 17.8 Å². The zero-order valence-electron chi connectivity index (χ0n) is 19.5. The predicted molar refractivity (Wildman–Crippen MR) is 139 cm³/mol. The first-order valence-corrected chi connectivity index (χ1v) is 12.0. The van der Waals surface area contributed by atoms with Crippen molar-refractivity contribution >= 4 is 22.9 Å². The maximum absolute atomic E-state index is 13.7. The van der Waals surface area contributed by atoms with Crippen molar-refractivity contribution in [3.8, 4) is 11.4 Å². The molecule has 4 aromatic rings. The lowest BCUT2D eigenvalue weighted by Crippen LogP contribution is -2.45. The van der Waals surface area contributed by atoms with E-state index in [0.29, 0.717) is 23.4 Å². The highest BCUT2D eigenvalue weighted by atomic mass is 32.1. The zero-order chi connectivity index (χ0) is 24.4. The quantitative estimate of drug-likeness (QED) is 0.324. The molecule has 0 bridgehead atoms. The van der Waals surface area contributed by atoms with Gasteiger partial charge in [-0.1, -0.05) is 78.8 Å². The molecule has 5 rings (SSSR count). The van der Waals surface area contributed by atoms with Gasteiger partial charge in [0.15, 0.2) is 5.11 Å². The molecule has 3 aromatic carbocycles. The highest BCUT2D eigenvalue weighted by molar-refractivity contribution is 7.80. The van der Waals surface area contributed by atoms with Crippen molar-refractivity contribution < 1.29 is 8.91 Å². The van der Waals surface area contributed by atoms with E-state index in [1.165, 1.54) is 17.7 Å². The number of halogens is 1. The minimum atomic E-state index is -0.356. The standard InChI is InChI=1S/C28H25FN4OS/c1-3-19-9-11-20(12-10-19)17-33-18(2)24(25(30-28(33)35)21-13-15-23(29)16-14-21)27-31-26(32-34-27)22-7-5-4-6-8-22/h4-16,25H,3,17H2,1-2H3,(H,30,35). The van der Waals surface area contributed by atoms with E-state index in [4.69, 9.17) is 21.7 Å². The first-order valence-electron chi connectivity index (χ1n) is 11.5. The molecule has 1 aliphatic heterocycles. The number of rotatable bonds is 6. The molecule has 0 saturated heterocycles. The first kappa shape index (κ1) is 22.9. The number of aromatic nitrogens is 2. The zero-order valence-corrected chi connectivity index (χ0v) is 20.3. The summed E-state index contributed by atoms with van der Waals surface area (Å²) in [6.07, 6.45) is 0.993. The molecule has 7 heteroatoms. The molecule has 1 unspecified atom stereocenters. The molecular formula is C28H25FN4OS. The predicted octanol–water partition coefficient (Wildman–Crippen LogP) is 6.30. The molecule has 0 saturated carbocycles. The van der Waals surface area contributed by atoms with Gasteiger partial charge < -0.3 is 14.7 Å². The van der Waals surface area contributed by atoms with E-state index in [1.807, 2.05) is 42.2 Å². The second-order valence-corrected chi connectivity index (χ2v) is 8.87. The van der Waals surface area contributed by atoms with Crippen LogP contribution in [0.15, 0.2) is 89.1 Å². The van der Waals surface area contributed by atoms with Gasteiger partial charge in [0.05, 0.1) is 11.6 Å². The van der Waals surface area contributed by atoms with Gasteiger partial charge in [0.1, 0.15) is 5.82 Å². The van der Waals surface area contributed by atoms with Crippen LogP contribution in [0.3, 0.4) is 0 Å². The molecule has 35 heavy (non-hydrogen) atoms. The summed E-state index contributed by atoms with van der Waals surface area (Å²) in [5.74, 6) is 0.612. The Morgan fingerprint density at radius 3 is 2.34 bits per heavy atom. The highest BCUT2D eigenvalue weighted by Crippen LogP contribution is 2.38. The van der Waals surface area contributed by atoms with Crippen LogP contribution in [-0.4, -0.2) is 20.2 Å². The summed E-state index contributed by atoms with van der Waals surface area (Å²) >= 11 is 5.78. The molecule has 2 heterocycles. The average Bonchev–Trinajstić information content (AvgIpc) is 3.37. The smallest absolute Gasteiger partial charge is 0.258 e. The van der Waals surface area contributed by atoms with E-state index in [-0.39, 0.29) is 11.9 Å². The van der Waals surface area contributed by atoms with Crippen LogP contribution in [-0.2, 0) is 13.0 Å². The minimum Gasteiger partial charge on any atom is -0.351 e. The Labute approximate surface area is 209 Å². The maximum Gasteiger partial charge on any atom is 0.258 e. The largest absolute Gasteiger partial charge is 0.351 e. The fourth-order valence-corrected chi connectivity index (χ4v) is 4.57. The molecule has 1 atom stereocenters. The van der Waals surface area contributed by atoms with Gasteiger partial charge in [-0.2, -0.15) is 4.98 Å². The number of aryl methyl sites for hydroxylation is 1. The molecule has 1 aliphatic rings. The van der Waals surface area contributed by atoms with Gasteiger partial charge in [-0.05, 0) is 54.4 Å². The van der Waals surface area contributed by atoms with E-state index < -0.39 is 0 Å². The molecule has 0 radical (unpaired) electrons. The Morgan fingerprint density at radius 1 is 0.971 bits per heavy atom. The number of hydrogen-bond donors (Lipinski definition) is 1. The van der Waals surface area contributed by atoms with Crippen LogP contribution in [0, 0.1) is 5.82 Å². The molecule has 1 N–H and O–H groups in total. The van der Waals surface area contributed by atoms with Crippen LogP contribution >= 0.6 is 12.2 Å². The molecule has 1 aromatic heterocycles. The number of thiocarbonyl (C=S) groups is 1. The number of allylic oxidation sites excluding steroid dienone is 1. The summed E-state index contributed by atoms with van der Waals surface area (Å²) in [5.41, 5.74) is 5.87. The van der Waals surface area contributed by atoms with Crippen LogP contribution in [0.25, 0.3) is 17.0 Å². The van der Waals surface area contributed by atoms with E-state index >= 15 is 0 Å². The second-order valence-electron chi connectivity index (χ2n) is 8.48. The molecule has 5 nitrogen and oxygen atoms in total. The molecule has 176 valence electrons. The van der Waals surface area contributed by atoms with Crippen LogP contribution in [0.4, 0.5) is 4.39 Å². The lowest BCUT2D eigenvalue weighted by atomic mass is 9.94. The Morgan fingerprint density at radius 2 is 1.66 bits per heavy atom. The van der Waals surface area contributed by atoms with Crippen molar-refractivity contribution in [1.82, 2.24) is 20.4 Å². The number of benzene rings is 3. The van der Waals surface area contributed by atoms with Gasteiger partial charge in [0.25, 0.3) is 5.89 Å². The Balaban J connectivity index is 1.57. The van der Waals surface area contributed by atoms with Crippen LogP contribution in [0.5, 0.6) is 0 Å². The van der Waals surface area contributed by atoms with Crippen molar-refractivity contribution in [2.45, 2.75) is 32.9 Å². The van der Waals surface area contributed by atoms with Crippen LogP contribution in [0.2, 0.25) is 0 Å². The van der Waals surface area contributed by atoms with Gasteiger partial charge in [-0.3, -0.25) is 0 Å². The van der Waals surface area contributed by atoms with Gasteiger partial charge >= 0.3 is 0 Å². The van der Waals surface area contributed by atoms with E-state index in [2.05, 4.69) is 41.7 Å². The third kappa shape index (κ3) is 4.72. The fraction of sp³-hybridized carbons (Fsp3) is 0.179. The summed E-state index contributed by atoms with van der Waals surface area (Å²) in [6, 6.07) is 24.2. The first-order chi connectivity index (χ1) is 17.0. The van der Waals surface area contributed by atoms with E-state index in [0.717, 1.165) is 34.4 Å². The normalized spacial score (nSPS) is 15.9. The van der Waals surface area contributed by atoms with Crippen molar-refractivity contribution in [3.63, 3.8) is 0 Å². The fourth-order valence-electron chi connectivity index (χ4n) is 4.25. The van der Waals surface area contributed by atoms with E-state index in [9.17, 15) is 4.39 Å². The molecule has 0 amide bonds. The molecular weight excluding hydrogens is 459 g/mol. The van der Waals surface area contributed by atoms with Crippen molar-refractivity contribution in [3.05, 3.63) is 113 Å². The number of hydrogen-bond acceptors (Lipinski definition) is 4. The summed E-state index contributed by atoms with van der Waals surface area (Å²) in [4.78, 5) is 6.76. The van der Waals surface area contributed by atoms with Crippen molar-refractivity contribution in [2.75, 3.05) is 0 Å².